The molecule has 0 unspecified atom stereocenters. The molecule has 0 saturated carbocycles. The molecular weight excluding hydrogens is 215 g/mol. The van der Waals surface area contributed by atoms with E-state index in [1.807, 2.05) is 0 Å². The fraction of sp³-hybridized carbons (Fsp3) is 0. The molecule has 0 bridgehead atoms. The van der Waals surface area contributed by atoms with Crippen molar-refractivity contribution in [3.8, 4) is 0 Å². The zero-order valence-corrected chi connectivity index (χ0v) is 5.70. The van der Waals surface area contributed by atoms with Gasteiger partial charge in [0.05, 0.1) is 10.3 Å². The topological polar surface area (TPSA) is 168 Å². The molecule has 0 radical (unpaired) electrons. The van der Waals surface area contributed by atoms with Gasteiger partial charge in [-0.15, -0.1) is 31.2 Å². The van der Waals surface area contributed by atoms with Crippen molar-refractivity contribution >= 4 is 0 Å². The van der Waals surface area contributed by atoms with Gasteiger partial charge in [-0.3, -0.25) is 0 Å². The van der Waals surface area contributed by atoms with E-state index in [0.717, 1.165) is 0 Å². The van der Waals surface area contributed by atoms with E-state index in [1.54, 1.807) is 0 Å². The molecule has 11 heavy (non-hydrogen) atoms. The Kier molecular flexibility index (Phi) is 8.95. The molecule has 0 aliphatic heterocycles. The number of rotatable bonds is 0. The van der Waals surface area contributed by atoms with Gasteiger partial charge in [-0.25, -0.2) is 0 Å². The predicted octanol–water partition coefficient (Wildman–Crippen LogP) is -1.07. The Morgan fingerprint density at radius 2 is 0.636 bits per heavy atom. The fourth-order valence-corrected chi connectivity index (χ4v) is 0. The molecule has 0 aromatic heterocycles. The van der Waals surface area contributed by atoms with E-state index in [-0.39, 0.29) is 16.5 Å². The Balaban J connectivity index is -0.000000107. The first-order chi connectivity index (χ1) is 4.00. The molecule has 0 atom stereocenters. The number of nitrogens with zero attached hydrogens (tertiary/aromatic N) is 2. The molecule has 10 nitrogen and oxygen atoms in total. The Morgan fingerprint density at radius 1 is 0.636 bits per heavy atom. The maximum Gasteiger partial charge on any atom is 0.0686 e. The van der Waals surface area contributed by atoms with Crippen LogP contribution >= 0.6 is 0 Å². The smallest absolute Gasteiger partial charge is 0.0686 e. The second kappa shape index (κ2) is 5.71. The molecule has 0 aliphatic rings. The van der Waals surface area contributed by atoms with Gasteiger partial charge in [0.1, 0.15) is 0 Å². The molecule has 0 aromatic rings. The van der Waals surface area contributed by atoms with Gasteiger partial charge in [0.2, 0.25) is 0 Å². The summed E-state index contributed by atoms with van der Waals surface area (Å²) >= 11 is 0. The van der Waals surface area contributed by atoms with Gasteiger partial charge in [0, 0.05) is 16.5 Å². The Morgan fingerprint density at radius 3 is 0.636 bits per heavy atom. The summed E-state index contributed by atoms with van der Waals surface area (Å²) in [5, 5.41) is 53.0. The summed E-state index contributed by atoms with van der Waals surface area (Å²) in [7, 11) is 0. The summed E-state index contributed by atoms with van der Waals surface area (Å²) < 4.78 is 0. The summed E-state index contributed by atoms with van der Waals surface area (Å²) in [6.45, 7) is 0. The average molecular weight is 221 g/mol. The van der Waals surface area contributed by atoms with E-state index in [1.165, 1.54) is 0 Å². The maximum atomic E-state index is 8.71. The van der Waals surface area contributed by atoms with Crippen molar-refractivity contribution in [2.45, 2.75) is 0 Å². The van der Waals surface area contributed by atoms with Gasteiger partial charge in [-0.1, -0.05) is 0 Å². The van der Waals surface area contributed by atoms with Gasteiger partial charge in [0.25, 0.3) is 0 Å². The first-order valence-corrected chi connectivity index (χ1v) is 1.57. The summed E-state index contributed by atoms with van der Waals surface area (Å²) in [6.07, 6.45) is 0. The Hall–Kier alpha value is 0.0935. The first kappa shape index (κ1) is 17.3. The van der Waals surface area contributed by atoms with E-state index in [4.69, 9.17) is 41.7 Å². The van der Waals surface area contributed by atoms with Crippen molar-refractivity contribution in [3.05, 3.63) is 10.4 Å². The molecule has 0 aromatic carbocycles. The molecule has 0 saturated heterocycles. The van der Waals surface area contributed by atoms with Crippen LogP contribution in [0.3, 0.4) is 0 Å². The molecular formula is H6N2NiO8. The quantitative estimate of drug-likeness (QED) is 0.170. The van der Waals surface area contributed by atoms with E-state index >= 15 is 0 Å². The van der Waals surface area contributed by atoms with E-state index in [0.29, 0.717) is 0 Å². The predicted molar refractivity (Wildman–Crippen MR) is 18.0 cm³/mol. The summed E-state index contributed by atoms with van der Waals surface area (Å²) in [5.74, 6) is 0. The van der Waals surface area contributed by atoms with Gasteiger partial charge in [-0.05, 0) is 0 Å². The van der Waals surface area contributed by atoms with Gasteiger partial charge < -0.3 is 10.4 Å². The third-order valence-electron chi connectivity index (χ3n) is 0. The van der Waals surface area contributed by atoms with Crippen LogP contribution in [-0.2, 0) is 16.5 Å². The third-order valence-corrected chi connectivity index (χ3v) is 0. The van der Waals surface area contributed by atoms with Crippen LogP contribution < -0.4 is 0 Å². The average Bonchev–Trinajstić information content (AvgIpc) is 1.12. The molecule has 0 rings (SSSR count). The molecule has 6 N–H and O–H groups in total. The zero-order valence-electron chi connectivity index (χ0n) is 4.71. The number of quaternary nitrogens is 2. The van der Waals surface area contributed by atoms with Crippen LogP contribution in [0.5, 0.6) is 0 Å². The second-order valence-electron chi connectivity index (χ2n) is 1.03. The third kappa shape index (κ3) is 75600. The monoisotopic (exact) mass is 220 g/mol. The van der Waals surface area contributed by atoms with E-state index in [9.17, 15) is 0 Å². The minimum absolute atomic E-state index is 0. The van der Waals surface area contributed by atoms with Gasteiger partial charge in [0.15, 0.2) is 0 Å². The van der Waals surface area contributed by atoms with Crippen molar-refractivity contribution in [1.82, 2.24) is 0 Å². The minimum Gasteiger partial charge on any atom is -0.529 e. The Labute approximate surface area is 69.4 Å². The number of hydrogen-bond donors (Lipinski definition) is 6. The first-order valence-electron chi connectivity index (χ1n) is 1.57. The van der Waals surface area contributed by atoms with Crippen LogP contribution in [0.25, 0.3) is 0 Å². The van der Waals surface area contributed by atoms with Crippen LogP contribution in [0, 0.1) is 10.4 Å². The van der Waals surface area contributed by atoms with Crippen LogP contribution in [0.2, 0.25) is 0 Å². The summed E-state index contributed by atoms with van der Waals surface area (Å²) in [6, 6.07) is 0. The van der Waals surface area contributed by atoms with Crippen molar-refractivity contribution in [2.24, 2.45) is 0 Å². The molecule has 0 heterocycles. The molecule has 0 amide bonds. The van der Waals surface area contributed by atoms with Crippen molar-refractivity contribution < 1.29 is 58.0 Å². The van der Waals surface area contributed by atoms with Crippen LogP contribution in [0.4, 0.5) is 0 Å². The summed E-state index contributed by atoms with van der Waals surface area (Å²) in [4.78, 5) is 0. The molecule has 11 heteroatoms. The minimum atomic E-state index is -3.25. The van der Waals surface area contributed by atoms with Crippen molar-refractivity contribution in [1.29, 1.82) is 0 Å². The van der Waals surface area contributed by atoms with Gasteiger partial charge in [-0.2, -0.15) is 0 Å². The molecule has 0 spiro atoms. The van der Waals surface area contributed by atoms with Gasteiger partial charge >= 0.3 is 0 Å². The van der Waals surface area contributed by atoms with Crippen LogP contribution in [0.1, 0.15) is 0 Å². The summed E-state index contributed by atoms with van der Waals surface area (Å²) in [5.41, 5.74) is 0. The fourth-order valence-electron chi connectivity index (χ4n) is 0. The van der Waals surface area contributed by atoms with E-state index < -0.39 is 10.3 Å². The standard InChI is InChI=1S/2H3NO4.Ni/c2*2-1(3,4)5;/h2*2-4H;. The van der Waals surface area contributed by atoms with Crippen LogP contribution in [0.15, 0.2) is 0 Å². The maximum absolute atomic E-state index is 8.71. The van der Waals surface area contributed by atoms with Crippen LogP contribution in [-0.4, -0.2) is 41.5 Å². The second-order valence-corrected chi connectivity index (χ2v) is 1.03. The zero-order chi connectivity index (χ0) is 9.00. The van der Waals surface area contributed by atoms with E-state index in [2.05, 4.69) is 0 Å². The SMILES string of the molecule is [Ni].[O-][N+](O)(O)O.[O-][N+](O)(O)O. The Bertz CT molecular complexity index is 55.1. The number of hydrogen-bond acceptors (Lipinski definition) is 8. The molecule has 0 fully saturated rings. The van der Waals surface area contributed by atoms with Crippen molar-refractivity contribution in [2.75, 3.05) is 0 Å². The largest absolute Gasteiger partial charge is 0.529 e. The molecule has 74 valence electrons. The normalized spacial score (nSPS) is 10.9. The molecule has 0 aliphatic carbocycles. The van der Waals surface area contributed by atoms with Crippen molar-refractivity contribution in [3.63, 3.8) is 0 Å².